The molecule has 0 unspecified atom stereocenters. The zero-order chi connectivity index (χ0) is 18.3. The normalized spacial score (nSPS) is 12.0. The number of rotatable bonds is 6. The zero-order valence-corrected chi connectivity index (χ0v) is 14.8. The number of halogens is 3. The number of thiazole rings is 1. The van der Waals surface area contributed by atoms with Crippen molar-refractivity contribution in [2.45, 2.75) is 12.7 Å². The van der Waals surface area contributed by atoms with Gasteiger partial charge in [0.1, 0.15) is 6.54 Å². The van der Waals surface area contributed by atoms with Gasteiger partial charge in [-0.1, -0.05) is 0 Å². The van der Waals surface area contributed by atoms with E-state index in [1.807, 2.05) is 24.4 Å². The Hall–Kier alpha value is -2.04. The standard InChI is InChI=1S/C13H21F3N6OS/c1-17-11(18-5-9-7-24-12(20-9)21(2)3)19-6-10(23)22(4)8-13(14,15)16/h7H,5-6,8H2,1-4H3,(H2,17,18,19). The largest absolute Gasteiger partial charge is 0.406 e. The molecule has 0 aliphatic rings. The van der Waals surface area contributed by atoms with Crippen LogP contribution in [-0.2, 0) is 11.3 Å². The van der Waals surface area contributed by atoms with Crippen LogP contribution in [0.25, 0.3) is 0 Å². The number of carbonyl (C=O) groups is 1. The molecule has 0 saturated heterocycles. The molecule has 0 saturated carbocycles. The van der Waals surface area contributed by atoms with Crippen LogP contribution in [0.4, 0.5) is 18.3 Å². The Morgan fingerprint density at radius 1 is 1.33 bits per heavy atom. The fraction of sp³-hybridized carbons (Fsp3) is 0.615. The summed E-state index contributed by atoms with van der Waals surface area (Å²) in [5.74, 6) is -0.373. The van der Waals surface area contributed by atoms with E-state index in [-0.39, 0.29) is 6.54 Å². The summed E-state index contributed by atoms with van der Waals surface area (Å²) in [4.78, 5) is 22.5. The molecule has 0 aliphatic carbocycles. The first-order chi connectivity index (χ1) is 11.1. The topological polar surface area (TPSA) is 72.9 Å². The van der Waals surface area contributed by atoms with E-state index in [1.165, 1.54) is 18.4 Å². The summed E-state index contributed by atoms with van der Waals surface area (Å²) < 4.78 is 36.7. The fourth-order valence-corrected chi connectivity index (χ4v) is 2.39. The third-order valence-electron chi connectivity index (χ3n) is 2.83. The molecule has 1 aromatic rings. The van der Waals surface area contributed by atoms with Crippen LogP contribution in [0, 0.1) is 0 Å². The van der Waals surface area contributed by atoms with Crippen molar-refractivity contribution in [3.8, 4) is 0 Å². The zero-order valence-electron chi connectivity index (χ0n) is 13.9. The van der Waals surface area contributed by atoms with Crippen molar-refractivity contribution in [1.29, 1.82) is 0 Å². The summed E-state index contributed by atoms with van der Waals surface area (Å²) in [5.41, 5.74) is 0.798. The lowest BCUT2D eigenvalue weighted by atomic mass is 10.4. The molecule has 0 spiro atoms. The second kappa shape index (κ2) is 8.71. The summed E-state index contributed by atoms with van der Waals surface area (Å²) >= 11 is 1.49. The fourth-order valence-electron chi connectivity index (χ4n) is 1.63. The number of aromatic nitrogens is 1. The highest BCUT2D eigenvalue weighted by molar-refractivity contribution is 7.13. The second-order valence-corrected chi connectivity index (χ2v) is 6.00. The molecule has 0 radical (unpaired) electrons. The lowest BCUT2D eigenvalue weighted by Gasteiger charge is -2.19. The lowest BCUT2D eigenvalue weighted by molar-refractivity contribution is -0.157. The van der Waals surface area contributed by atoms with Crippen molar-refractivity contribution in [3.05, 3.63) is 11.1 Å². The smallest absolute Gasteiger partial charge is 0.354 e. The van der Waals surface area contributed by atoms with Crippen LogP contribution >= 0.6 is 11.3 Å². The van der Waals surface area contributed by atoms with Crippen LogP contribution in [0.5, 0.6) is 0 Å². The van der Waals surface area contributed by atoms with E-state index in [9.17, 15) is 18.0 Å². The number of amides is 1. The monoisotopic (exact) mass is 366 g/mol. The van der Waals surface area contributed by atoms with Gasteiger partial charge in [-0.05, 0) is 0 Å². The van der Waals surface area contributed by atoms with Gasteiger partial charge in [-0.3, -0.25) is 9.79 Å². The molecule has 24 heavy (non-hydrogen) atoms. The van der Waals surface area contributed by atoms with E-state index in [0.717, 1.165) is 17.9 Å². The first kappa shape index (κ1) is 20.0. The van der Waals surface area contributed by atoms with Crippen molar-refractivity contribution in [3.63, 3.8) is 0 Å². The maximum absolute atomic E-state index is 12.2. The molecule has 0 aliphatic heterocycles. The van der Waals surface area contributed by atoms with E-state index in [0.29, 0.717) is 17.4 Å². The molecule has 0 atom stereocenters. The first-order valence-corrected chi connectivity index (χ1v) is 7.87. The van der Waals surface area contributed by atoms with E-state index in [1.54, 1.807) is 0 Å². The minimum Gasteiger partial charge on any atom is -0.354 e. The van der Waals surface area contributed by atoms with Crippen LogP contribution in [-0.4, -0.2) is 69.2 Å². The second-order valence-electron chi connectivity index (χ2n) is 5.16. The van der Waals surface area contributed by atoms with Gasteiger partial charge in [0.15, 0.2) is 11.1 Å². The number of nitrogens with zero attached hydrogens (tertiary/aromatic N) is 4. The Morgan fingerprint density at radius 2 is 2.00 bits per heavy atom. The van der Waals surface area contributed by atoms with Crippen LogP contribution in [0.3, 0.4) is 0 Å². The van der Waals surface area contributed by atoms with E-state index in [4.69, 9.17) is 0 Å². The molecule has 0 aromatic carbocycles. The summed E-state index contributed by atoms with van der Waals surface area (Å²) in [7, 11) is 6.39. The van der Waals surface area contributed by atoms with Crippen molar-refractivity contribution in [2.24, 2.45) is 4.99 Å². The van der Waals surface area contributed by atoms with Gasteiger partial charge in [0.2, 0.25) is 5.91 Å². The summed E-state index contributed by atoms with van der Waals surface area (Å²) in [6.45, 7) is -1.19. The average molecular weight is 366 g/mol. The molecule has 1 amide bonds. The maximum Gasteiger partial charge on any atom is 0.406 e. The van der Waals surface area contributed by atoms with Gasteiger partial charge >= 0.3 is 6.18 Å². The van der Waals surface area contributed by atoms with E-state index < -0.39 is 18.6 Å². The van der Waals surface area contributed by atoms with E-state index in [2.05, 4.69) is 20.6 Å². The number of carbonyl (C=O) groups excluding carboxylic acids is 1. The highest BCUT2D eigenvalue weighted by atomic mass is 32.1. The molecule has 1 rings (SSSR count). The van der Waals surface area contributed by atoms with Crippen LogP contribution < -0.4 is 15.5 Å². The third-order valence-corrected chi connectivity index (χ3v) is 3.89. The predicted octanol–water partition coefficient (Wildman–Crippen LogP) is 0.895. The number of likely N-dealkylation sites (N-methyl/N-ethyl adjacent to an activating group) is 1. The molecule has 1 heterocycles. The molecule has 0 bridgehead atoms. The van der Waals surface area contributed by atoms with Crippen molar-refractivity contribution in [1.82, 2.24) is 20.5 Å². The molecule has 1 aromatic heterocycles. The van der Waals surface area contributed by atoms with Crippen molar-refractivity contribution in [2.75, 3.05) is 46.2 Å². The molecule has 7 nitrogen and oxygen atoms in total. The van der Waals surface area contributed by atoms with Gasteiger partial charge < -0.3 is 20.4 Å². The number of guanidine groups is 1. The Kier molecular flexibility index (Phi) is 7.26. The number of hydrogen-bond acceptors (Lipinski definition) is 5. The van der Waals surface area contributed by atoms with Gasteiger partial charge in [-0.15, -0.1) is 11.3 Å². The molecule has 0 fully saturated rings. The quantitative estimate of drug-likeness (QED) is 0.578. The number of anilines is 1. The van der Waals surface area contributed by atoms with Crippen molar-refractivity contribution < 1.29 is 18.0 Å². The predicted molar refractivity (Wildman–Crippen MR) is 88.3 cm³/mol. The van der Waals surface area contributed by atoms with Crippen molar-refractivity contribution >= 4 is 28.3 Å². The van der Waals surface area contributed by atoms with Gasteiger partial charge in [-0.25, -0.2) is 4.98 Å². The first-order valence-electron chi connectivity index (χ1n) is 6.99. The minimum atomic E-state index is -4.42. The van der Waals surface area contributed by atoms with E-state index >= 15 is 0 Å². The third kappa shape index (κ3) is 7.02. The van der Waals surface area contributed by atoms with Crippen LogP contribution in [0.2, 0.25) is 0 Å². The van der Waals surface area contributed by atoms with Crippen LogP contribution in [0.15, 0.2) is 10.4 Å². The molecule has 2 N–H and O–H groups in total. The summed E-state index contributed by atoms with van der Waals surface area (Å²) in [6.07, 6.45) is -4.42. The highest BCUT2D eigenvalue weighted by Crippen LogP contribution is 2.17. The molecule has 136 valence electrons. The molecule has 11 heteroatoms. The Labute approximate surface area is 142 Å². The van der Waals surface area contributed by atoms with Crippen LogP contribution in [0.1, 0.15) is 5.69 Å². The SMILES string of the molecule is CN=C(NCC(=O)N(C)CC(F)(F)F)NCc1csc(N(C)C)n1. The Balaban J connectivity index is 2.43. The van der Waals surface area contributed by atoms with Gasteiger partial charge in [-0.2, -0.15) is 13.2 Å². The minimum absolute atomic E-state index is 0.285. The molecular weight excluding hydrogens is 345 g/mol. The summed E-state index contributed by atoms with van der Waals surface area (Å²) in [5, 5.41) is 8.38. The summed E-state index contributed by atoms with van der Waals surface area (Å²) in [6, 6.07) is 0. The maximum atomic E-state index is 12.2. The number of alkyl halides is 3. The lowest BCUT2D eigenvalue weighted by Crippen LogP contribution is -2.45. The van der Waals surface area contributed by atoms with Gasteiger partial charge in [0.05, 0.1) is 18.8 Å². The Bertz CT molecular complexity index is 572. The van der Waals surface area contributed by atoms with Gasteiger partial charge in [0.25, 0.3) is 0 Å². The highest BCUT2D eigenvalue weighted by Gasteiger charge is 2.31. The molecular formula is C13H21F3N6OS. The average Bonchev–Trinajstić information content (AvgIpc) is 2.94. The number of nitrogens with one attached hydrogen (secondary N) is 2. The number of aliphatic imine (C=N–C) groups is 1. The van der Waals surface area contributed by atoms with Gasteiger partial charge in [0, 0.05) is 33.6 Å². The Morgan fingerprint density at radius 3 is 2.50 bits per heavy atom. The number of hydrogen-bond donors (Lipinski definition) is 2.